The maximum atomic E-state index is 13.2. The van der Waals surface area contributed by atoms with E-state index in [1.54, 1.807) is 6.07 Å². The van der Waals surface area contributed by atoms with Crippen molar-refractivity contribution in [2.24, 2.45) is 0 Å². The second-order valence-corrected chi connectivity index (χ2v) is 4.22. The third kappa shape index (κ3) is 1.83. The van der Waals surface area contributed by atoms with Crippen LogP contribution in [0, 0.1) is 11.6 Å². The fraction of sp³-hybridized carbons (Fsp3) is 0.143. The Bertz CT molecular complexity index is 578. The van der Waals surface area contributed by atoms with Gasteiger partial charge in [-0.25, -0.2) is 8.78 Å². The normalized spacial score (nSPS) is 13.8. The van der Waals surface area contributed by atoms with Crippen LogP contribution in [0.1, 0.15) is 11.1 Å². The molecule has 0 saturated carbocycles. The summed E-state index contributed by atoms with van der Waals surface area (Å²) in [5.74, 6) is -1.61. The minimum absolute atomic E-state index is 0.707. The first-order valence-corrected chi connectivity index (χ1v) is 5.52. The van der Waals surface area contributed by atoms with Crippen LogP contribution in [-0.4, -0.2) is 0 Å². The molecule has 0 saturated heterocycles. The van der Waals surface area contributed by atoms with Crippen LogP contribution < -0.4 is 5.32 Å². The molecule has 0 spiro atoms. The molecule has 2 aromatic rings. The fourth-order valence-corrected chi connectivity index (χ4v) is 2.15. The van der Waals surface area contributed by atoms with Crippen molar-refractivity contribution in [2.75, 3.05) is 0 Å². The zero-order valence-corrected chi connectivity index (χ0v) is 9.13. The van der Waals surface area contributed by atoms with Crippen molar-refractivity contribution in [3.8, 4) is 11.1 Å². The molecule has 1 nitrogen and oxygen atoms in total. The number of fused-ring (bicyclic) bond motifs is 1. The van der Waals surface area contributed by atoms with Gasteiger partial charge in [0.05, 0.1) is 0 Å². The first-order chi connectivity index (χ1) is 8.24. The molecule has 0 fully saturated rings. The highest BCUT2D eigenvalue weighted by molar-refractivity contribution is 5.65. The molecule has 0 atom stereocenters. The summed E-state index contributed by atoms with van der Waals surface area (Å²) < 4.78 is 26.0. The summed E-state index contributed by atoms with van der Waals surface area (Å²) in [5, 5.41) is 3.25. The van der Waals surface area contributed by atoms with E-state index >= 15 is 0 Å². The molecule has 86 valence electrons. The molecule has 0 unspecified atom stereocenters. The second-order valence-electron chi connectivity index (χ2n) is 4.22. The highest BCUT2D eigenvalue weighted by atomic mass is 19.2. The highest BCUT2D eigenvalue weighted by Gasteiger charge is 2.11. The molecule has 0 radical (unpaired) electrons. The molecule has 1 aliphatic rings. The molecule has 0 aromatic heterocycles. The number of benzene rings is 2. The van der Waals surface area contributed by atoms with Crippen molar-refractivity contribution in [1.82, 2.24) is 5.32 Å². The van der Waals surface area contributed by atoms with E-state index in [9.17, 15) is 8.78 Å². The third-order valence-electron chi connectivity index (χ3n) is 3.09. The smallest absolute Gasteiger partial charge is 0.159 e. The summed E-state index contributed by atoms with van der Waals surface area (Å²) in [5.41, 5.74) is 4.13. The van der Waals surface area contributed by atoms with Crippen LogP contribution in [0.3, 0.4) is 0 Å². The van der Waals surface area contributed by atoms with Gasteiger partial charge in [0.1, 0.15) is 0 Å². The molecular formula is C14H11F2N. The molecule has 1 N–H and O–H groups in total. The predicted octanol–water partition coefficient (Wildman–Crippen LogP) is 3.24. The third-order valence-corrected chi connectivity index (χ3v) is 3.09. The lowest BCUT2D eigenvalue weighted by Gasteiger charge is -2.05. The molecule has 0 bridgehead atoms. The quantitative estimate of drug-likeness (QED) is 0.794. The summed E-state index contributed by atoms with van der Waals surface area (Å²) in [4.78, 5) is 0. The molecule has 1 aliphatic heterocycles. The van der Waals surface area contributed by atoms with Gasteiger partial charge in [0.15, 0.2) is 11.6 Å². The Kier molecular flexibility index (Phi) is 2.41. The van der Waals surface area contributed by atoms with Crippen molar-refractivity contribution < 1.29 is 8.78 Å². The Morgan fingerprint density at radius 2 is 1.47 bits per heavy atom. The van der Waals surface area contributed by atoms with Gasteiger partial charge in [-0.1, -0.05) is 18.2 Å². The predicted molar refractivity (Wildman–Crippen MR) is 62.3 cm³/mol. The van der Waals surface area contributed by atoms with Gasteiger partial charge in [-0.2, -0.15) is 0 Å². The maximum Gasteiger partial charge on any atom is 0.159 e. The number of hydrogen-bond acceptors (Lipinski definition) is 1. The van der Waals surface area contributed by atoms with E-state index in [1.807, 2.05) is 18.2 Å². The van der Waals surface area contributed by atoms with Crippen LogP contribution in [0.4, 0.5) is 8.78 Å². The Morgan fingerprint density at radius 3 is 2.29 bits per heavy atom. The van der Waals surface area contributed by atoms with E-state index in [2.05, 4.69) is 5.32 Å². The van der Waals surface area contributed by atoms with E-state index in [0.29, 0.717) is 5.56 Å². The van der Waals surface area contributed by atoms with E-state index in [-0.39, 0.29) is 0 Å². The summed E-state index contributed by atoms with van der Waals surface area (Å²) in [6, 6.07) is 10.0. The van der Waals surface area contributed by atoms with E-state index in [4.69, 9.17) is 0 Å². The van der Waals surface area contributed by atoms with Crippen molar-refractivity contribution in [3.63, 3.8) is 0 Å². The Labute approximate surface area is 98.1 Å². The van der Waals surface area contributed by atoms with Crippen LogP contribution in [0.5, 0.6) is 0 Å². The summed E-state index contributed by atoms with van der Waals surface area (Å²) >= 11 is 0. The Morgan fingerprint density at radius 1 is 0.765 bits per heavy atom. The van der Waals surface area contributed by atoms with E-state index in [1.165, 1.54) is 17.2 Å². The first kappa shape index (κ1) is 10.4. The van der Waals surface area contributed by atoms with Crippen LogP contribution in [0.25, 0.3) is 11.1 Å². The molecule has 0 amide bonds. The van der Waals surface area contributed by atoms with Gasteiger partial charge < -0.3 is 5.32 Å². The standard InChI is InChI=1S/C14H11F2N/c15-13-4-3-10(6-14(13)16)9-1-2-11-7-17-8-12(11)5-9/h1-6,17H,7-8H2. The minimum Gasteiger partial charge on any atom is -0.309 e. The number of rotatable bonds is 1. The molecule has 0 aliphatic carbocycles. The average Bonchev–Trinajstić information content (AvgIpc) is 2.79. The van der Waals surface area contributed by atoms with Crippen molar-refractivity contribution >= 4 is 0 Å². The Balaban J connectivity index is 2.06. The Hall–Kier alpha value is -1.74. The van der Waals surface area contributed by atoms with E-state index in [0.717, 1.165) is 24.7 Å². The minimum atomic E-state index is -0.809. The van der Waals surface area contributed by atoms with Crippen molar-refractivity contribution in [3.05, 3.63) is 59.2 Å². The van der Waals surface area contributed by atoms with E-state index < -0.39 is 11.6 Å². The molecular weight excluding hydrogens is 220 g/mol. The van der Waals surface area contributed by atoms with Crippen LogP contribution in [-0.2, 0) is 13.1 Å². The van der Waals surface area contributed by atoms with Gasteiger partial charge >= 0.3 is 0 Å². The van der Waals surface area contributed by atoms with Gasteiger partial charge in [0.25, 0.3) is 0 Å². The fourth-order valence-electron chi connectivity index (χ4n) is 2.15. The summed E-state index contributed by atoms with van der Waals surface area (Å²) in [6.45, 7) is 1.72. The van der Waals surface area contributed by atoms with Crippen LogP contribution in [0.15, 0.2) is 36.4 Å². The monoisotopic (exact) mass is 231 g/mol. The topological polar surface area (TPSA) is 12.0 Å². The molecule has 1 heterocycles. The van der Waals surface area contributed by atoms with Gasteiger partial charge in [0, 0.05) is 13.1 Å². The van der Waals surface area contributed by atoms with Gasteiger partial charge in [-0.3, -0.25) is 0 Å². The number of nitrogens with one attached hydrogen (secondary N) is 1. The summed E-state index contributed by atoms with van der Waals surface area (Å²) in [7, 11) is 0. The highest BCUT2D eigenvalue weighted by Crippen LogP contribution is 2.26. The first-order valence-electron chi connectivity index (χ1n) is 5.52. The second kappa shape index (κ2) is 3.93. The van der Waals surface area contributed by atoms with Gasteiger partial charge in [-0.05, 0) is 40.5 Å². The average molecular weight is 231 g/mol. The van der Waals surface area contributed by atoms with Crippen molar-refractivity contribution in [1.29, 1.82) is 0 Å². The maximum absolute atomic E-state index is 13.2. The summed E-state index contributed by atoms with van der Waals surface area (Å²) in [6.07, 6.45) is 0. The zero-order chi connectivity index (χ0) is 11.8. The van der Waals surface area contributed by atoms with Gasteiger partial charge in [0.2, 0.25) is 0 Å². The lowest BCUT2D eigenvalue weighted by Crippen LogP contribution is -1.99. The lowest BCUT2D eigenvalue weighted by molar-refractivity contribution is 0.509. The van der Waals surface area contributed by atoms with Crippen LogP contribution >= 0.6 is 0 Å². The molecule has 3 rings (SSSR count). The lowest BCUT2D eigenvalue weighted by atomic mass is 10.0. The van der Waals surface area contributed by atoms with Crippen molar-refractivity contribution in [2.45, 2.75) is 13.1 Å². The zero-order valence-electron chi connectivity index (χ0n) is 9.13. The van der Waals surface area contributed by atoms with Gasteiger partial charge in [-0.15, -0.1) is 0 Å². The van der Waals surface area contributed by atoms with Crippen LogP contribution in [0.2, 0.25) is 0 Å². The SMILES string of the molecule is Fc1ccc(-c2ccc3c(c2)CNC3)cc1F. The largest absolute Gasteiger partial charge is 0.309 e. The number of hydrogen-bond donors (Lipinski definition) is 1. The molecule has 17 heavy (non-hydrogen) atoms. The molecule has 3 heteroatoms. The molecule has 2 aromatic carbocycles. The number of halogens is 2.